The number of carbonyl (C=O) groups excluding carboxylic acids is 1. The van der Waals surface area contributed by atoms with E-state index in [1.54, 1.807) is 0 Å². The predicted octanol–water partition coefficient (Wildman–Crippen LogP) is 0.865. The lowest BCUT2D eigenvalue weighted by Crippen LogP contribution is -2.37. The Bertz CT molecular complexity index is 381. The van der Waals surface area contributed by atoms with Crippen molar-refractivity contribution in [3.63, 3.8) is 0 Å². The smallest absolute Gasteiger partial charge is 0.151 e. The third kappa shape index (κ3) is 3.52. The molecule has 1 aliphatic carbocycles. The fourth-order valence-corrected chi connectivity index (χ4v) is 4.67. The van der Waals surface area contributed by atoms with Gasteiger partial charge in [-0.25, -0.2) is 8.42 Å². The molecule has 4 nitrogen and oxygen atoms in total. The molecule has 2 fully saturated rings. The van der Waals surface area contributed by atoms with Crippen molar-refractivity contribution < 1.29 is 13.2 Å². The van der Waals surface area contributed by atoms with Crippen LogP contribution in [0.4, 0.5) is 0 Å². The number of Topliss-reactive ketones (excluding diaryl/α,β-unsaturated/α-hetero) is 1. The fourth-order valence-electron chi connectivity index (χ4n) is 2.86. The molecule has 0 spiro atoms. The molecule has 0 bridgehead atoms. The van der Waals surface area contributed by atoms with Gasteiger partial charge < -0.3 is 4.90 Å². The lowest BCUT2D eigenvalue weighted by molar-refractivity contribution is -0.121. The number of sulfone groups is 1. The highest BCUT2D eigenvalue weighted by Gasteiger charge is 2.31. The second kappa shape index (κ2) is 5.06. The van der Waals surface area contributed by atoms with Gasteiger partial charge >= 0.3 is 0 Å². The molecule has 17 heavy (non-hydrogen) atoms. The van der Waals surface area contributed by atoms with Gasteiger partial charge in [-0.05, 0) is 32.2 Å². The summed E-state index contributed by atoms with van der Waals surface area (Å²) in [4.78, 5) is 13.3. The SMILES string of the molecule is CN(CC1CCC(=O)CC1)C1CCS(=O)(=O)C1. The summed E-state index contributed by atoms with van der Waals surface area (Å²) in [5.74, 6) is 1.61. The van der Waals surface area contributed by atoms with Crippen LogP contribution in [0.5, 0.6) is 0 Å². The number of carbonyl (C=O) groups is 1. The Labute approximate surface area is 103 Å². The van der Waals surface area contributed by atoms with E-state index >= 15 is 0 Å². The number of ketones is 1. The molecule has 0 aromatic carbocycles. The molecule has 2 rings (SSSR count). The zero-order valence-electron chi connectivity index (χ0n) is 10.4. The van der Waals surface area contributed by atoms with E-state index in [1.165, 1.54) is 0 Å². The summed E-state index contributed by atoms with van der Waals surface area (Å²) in [6, 6.07) is 0.192. The number of hydrogen-bond donors (Lipinski definition) is 0. The van der Waals surface area contributed by atoms with Gasteiger partial charge in [0.05, 0.1) is 11.5 Å². The first-order chi connectivity index (χ1) is 7.96. The van der Waals surface area contributed by atoms with Crippen LogP contribution in [0.15, 0.2) is 0 Å². The summed E-state index contributed by atoms with van der Waals surface area (Å²) in [7, 11) is -0.770. The molecular formula is C12H21NO3S. The fraction of sp³-hybridized carbons (Fsp3) is 0.917. The van der Waals surface area contributed by atoms with Gasteiger partial charge in [0, 0.05) is 25.4 Å². The normalized spacial score (nSPS) is 30.0. The maximum atomic E-state index is 11.4. The summed E-state index contributed by atoms with van der Waals surface area (Å²) in [5.41, 5.74) is 0. The first-order valence-corrected chi connectivity index (χ1v) is 8.21. The first kappa shape index (κ1) is 13.0. The Balaban J connectivity index is 1.81. The third-order valence-corrected chi connectivity index (χ3v) is 5.79. The Kier molecular flexibility index (Phi) is 3.88. The van der Waals surface area contributed by atoms with Crippen LogP contribution in [-0.4, -0.2) is 50.2 Å². The quantitative estimate of drug-likeness (QED) is 0.754. The van der Waals surface area contributed by atoms with Gasteiger partial charge in [0.1, 0.15) is 5.78 Å². The van der Waals surface area contributed by atoms with Gasteiger partial charge in [-0.1, -0.05) is 0 Å². The molecule has 5 heteroatoms. The molecule has 1 aliphatic heterocycles. The lowest BCUT2D eigenvalue weighted by Gasteiger charge is -2.29. The molecule has 1 saturated carbocycles. The summed E-state index contributed by atoms with van der Waals surface area (Å²) in [6.07, 6.45) is 4.14. The highest BCUT2D eigenvalue weighted by Crippen LogP contribution is 2.24. The highest BCUT2D eigenvalue weighted by molar-refractivity contribution is 7.91. The van der Waals surface area contributed by atoms with E-state index in [0.29, 0.717) is 36.0 Å². The molecule has 0 aromatic rings. The van der Waals surface area contributed by atoms with Gasteiger partial charge in [0.15, 0.2) is 9.84 Å². The summed E-state index contributed by atoms with van der Waals surface area (Å²) in [5, 5.41) is 0. The second-order valence-electron chi connectivity index (χ2n) is 5.48. The van der Waals surface area contributed by atoms with Crippen molar-refractivity contribution in [3.05, 3.63) is 0 Å². The van der Waals surface area contributed by atoms with E-state index in [4.69, 9.17) is 0 Å². The molecule has 1 atom stereocenters. The Morgan fingerprint density at radius 1 is 1.24 bits per heavy atom. The van der Waals surface area contributed by atoms with Crippen molar-refractivity contribution in [2.24, 2.45) is 5.92 Å². The zero-order chi connectivity index (χ0) is 12.5. The standard InChI is InChI=1S/C12H21NO3S/c1-13(11-6-7-17(15,16)9-11)8-10-2-4-12(14)5-3-10/h10-11H,2-9H2,1H3. The van der Waals surface area contributed by atoms with Crippen molar-refractivity contribution >= 4 is 15.6 Å². The number of hydrogen-bond acceptors (Lipinski definition) is 4. The van der Waals surface area contributed by atoms with Crippen LogP contribution >= 0.6 is 0 Å². The molecule has 0 N–H and O–H groups in total. The van der Waals surface area contributed by atoms with Gasteiger partial charge in [-0.15, -0.1) is 0 Å². The van der Waals surface area contributed by atoms with Crippen LogP contribution in [0.2, 0.25) is 0 Å². The van der Waals surface area contributed by atoms with Gasteiger partial charge in [-0.2, -0.15) is 0 Å². The lowest BCUT2D eigenvalue weighted by atomic mass is 9.88. The first-order valence-electron chi connectivity index (χ1n) is 6.38. The molecule has 1 unspecified atom stereocenters. The van der Waals surface area contributed by atoms with Crippen LogP contribution in [0.3, 0.4) is 0 Å². The van der Waals surface area contributed by atoms with Crippen LogP contribution in [0, 0.1) is 5.92 Å². The minimum absolute atomic E-state index is 0.192. The van der Waals surface area contributed by atoms with Crippen LogP contribution < -0.4 is 0 Å². The Hall–Kier alpha value is -0.420. The molecule has 0 radical (unpaired) electrons. The largest absolute Gasteiger partial charge is 0.302 e. The average molecular weight is 259 g/mol. The van der Waals surface area contributed by atoms with Gasteiger partial charge in [0.25, 0.3) is 0 Å². The molecule has 0 amide bonds. The van der Waals surface area contributed by atoms with Crippen LogP contribution in [0.1, 0.15) is 32.1 Å². The highest BCUT2D eigenvalue weighted by atomic mass is 32.2. The molecule has 98 valence electrons. The van der Waals surface area contributed by atoms with E-state index in [2.05, 4.69) is 4.90 Å². The summed E-state index contributed by atoms with van der Waals surface area (Å²) in [6.45, 7) is 0.938. The second-order valence-corrected chi connectivity index (χ2v) is 7.71. The summed E-state index contributed by atoms with van der Waals surface area (Å²) < 4.78 is 22.8. The van der Waals surface area contributed by atoms with Crippen molar-refractivity contribution in [3.8, 4) is 0 Å². The van der Waals surface area contributed by atoms with Crippen LogP contribution in [-0.2, 0) is 14.6 Å². The zero-order valence-corrected chi connectivity index (χ0v) is 11.2. The Morgan fingerprint density at radius 2 is 1.88 bits per heavy atom. The third-order valence-electron chi connectivity index (χ3n) is 4.04. The van der Waals surface area contributed by atoms with E-state index in [9.17, 15) is 13.2 Å². The maximum absolute atomic E-state index is 11.4. The average Bonchev–Trinajstić information content (AvgIpc) is 2.62. The maximum Gasteiger partial charge on any atom is 0.151 e. The minimum atomic E-state index is -2.79. The predicted molar refractivity (Wildman–Crippen MR) is 66.7 cm³/mol. The van der Waals surface area contributed by atoms with E-state index in [0.717, 1.165) is 25.8 Å². The van der Waals surface area contributed by atoms with Crippen molar-refractivity contribution in [2.45, 2.75) is 38.1 Å². The minimum Gasteiger partial charge on any atom is -0.302 e. The Morgan fingerprint density at radius 3 is 2.41 bits per heavy atom. The van der Waals surface area contributed by atoms with Crippen molar-refractivity contribution in [2.75, 3.05) is 25.1 Å². The van der Waals surface area contributed by atoms with Crippen molar-refractivity contribution in [1.82, 2.24) is 4.90 Å². The molecule has 1 saturated heterocycles. The topological polar surface area (TPSA) is 54.5 Å². The van der Waals surface area contributed by atoms with E-state index in [1.807, 2.05) is 7.05 Å². The van der Waals surface area contributed by atoms with E-state index < -0.39 is 9.84 Å². The van der Waals surface area contributed by atoms with Crippen LogP contribution in [0.25, 0.3) is 0 Å². The number of nitrogens with zero attached hydrogens (tertiary/aromatic N) is 1. The number of rotatable bonds is 3. The molecule has 1 heterocycles. The summed E-state index contributed by atoms with van der Waals surface area (Å²) >= 11 is 0. The molecule has 2 aliphatic rings. The van der Waals surface area contributed by atoms with Gasteiger partial charge in [0.2, 0.25) is 0 Å². The van der Waals surface area contributed by atoms with Gasteiger partial charge in [-0.3, -0.25) is 4.79 Å². The van der Waals surface area contributed by atoms with Crippen molar-refractivity contribution in [1.29, 1.82) is 0 Å². The molecule has 0 aromatic heterocycles. The van der Waals surface area contributed by atoms with E-state index in [-0.39, 0.29) is 6.04 Å². The monoisotopic (exact) mass is 259 g/mol. The molecular weight excluding hydrogens is 238 g/mol.